The molecule has 0 aromatic carbocycles. The van der Waals surface area contributed by atoms with Gasteiger partial charge in [-0.3, -0.25) is 4.79 Å². The Morgan fingerprint density at radius 2 is 1.86 bits per heavy atom. The summed E-state index contributed by atoms with van der Waals surface area (Å²) in [6, 6.07) is 0. The number of carbonyl (C=O) groups excluding carboxylic acids is 2. The summed E-state index contributed by atoms with van der Waals surface area (Å²) >= 11 is 0. The largest absolute Gasteiger partial charge is 0.452 e. The van der Waals surface area contributed by atoms with E-state index in [1.165, 1.54) is 0 Å². The molecule has 1 rings (SSSR count). The van der Waals surface area contributed by atoms with E-state index in [-0.39, 0.29) is 5.97 Å². The lowest BCUT2D eigenvalue weighted by atomic mass is 9.85. The van der Waals surface area contributed by atoms with Gasteiger partial charge in [-0.15, -0.1) is 0 Å². The lowest BCUT2D eigenvalue weighted by Crippen LogP contribution is -2.40. The van der Waals surface area contributed by atoms with Crippen LogP contribution >= 0.6 is 0 Å². The van der Waals surface area contributed by atoms with Gasteiger partial charge in [0.2, 0.25) is 0 Å². The molecule has 4 nitrogen and oxygen atoms in total. The average Bonchev–Trinajstić information content (AvgIpc) is 2.47. The molecule has 1 aliphatic rings. The first-order chi connectivity index (χ1) is 9.76. The predicted octanol–water partition coefficient (Wildman–Crippen LogP) is 3.79. The van der Waals surface area contributed by atoms with Gasteiger partial charge in [0.1, 0.15) is 5.60 Å². The van der Waals surface area contributed by atoms with Crippen molar-refractivity contribution in [2.75, 3.05) is 0 Å². The number of ether oxygens (including phenoxy) is 2. The zero-order valence-corrected chi connectivity index (χ0v) is 13.7. The first-order valence-electron chi connectivity index (χ1n) is 7.84. The van der Waals surface area contributed by atoms with Gasteiger partial charge in [-0.05, 0) is 59.0 Å². The maximum atomic E-state index is 12.2. The summed E-state index contributed by atoms with van der Waals surface area (Å²) in [4.78, 5) is 24.2. The van der Waals surface area contributed by atoms with Crippen LogP contribution in [0.3, 0.4) is 0 Å². The smallest absolute Gasteiger partial charge is 0.348 e. The lowest BCUT2D eigenvalue weighted by molar-refractivity contribution is -0.180. The van der Waals surface area contributed by atoms with Crippen molar-refractivity contribution in [1.82, 2.24) is 0 Å². The summed E-state index contributed by atoms with van der Waals surface area (Å²) in [5, 5.41) is 0. The Hall–Kier alpha value is -1.32. The standard InChI is InChI=1S/C17H28O4/c1-6-16(4,5)15(19)20-13(3)14(18)21-17(7-2)11-9-8-10-12-17/h7,13H,2,6,8-12H2,1,3-5H3. The van der Waals surface area contributed by atoms with E-state index in [2.05, 4.69) is 6.58 Å². The quantitative estimate of drug-likeness (QED) is 0.553. The van der Waals surface area contributed by atoms with Crippen LogP contribution in [-0.4, -0.2) is 23.6 Å². The molecule has 1 fully saturated rings. The van der Waals surface area contributed by atoms with Crippen LogP contribution in [0.5, 0.6) is 0 Å². The van der Waals surface area contributed by atoms with Gasteiger partial charge in [0.15, 0.2) is 6.10 Å². The van der Waals surface area contributed by atoms with Crippen molar-refractivity contribution in [2.45, 2.75) is 77.9 Å². The second kappa shape index (κ2) is 7.10. The highest BCUT2D eigenvalue weighted by molar-refractivity contribution is 5.81. The van der Waals surface area contributed by atoms with Gasteiger partial charge in [0.25, 0.3) is 0 Å². The summed E-state index contributed by atoms with van der Waals surface area (Å²) in [5.74, 6) is -0.859. The Balaban J connectivity index is 2.62. The van der Waals surface area contributed by atoms with Crippen molar-refractivity contribution < 1.29 is 19.1 Å². The minimum absolute atomic E-state index is 0.370. The maximum absolute atomic E-state index is 12.2. The molecule has 1 aliphatic carbocycles. The van der Waals surface area contributed by atoms with E-state index in [9.17, 15) is 9.59 Å². The second-order valence-corrected chi connectivity index (χ2v) is 6.54. The van der Waals surface area contributed by atoms with Crippen LogP contribution < -0.4 is 0 Å². The summed E-state index contributed by atoms with van der Waals surface area (Å²) in [6.45, 7) is 10.9. The van der Waals surface area contributed by atoms with Gasteiger partial charge < -0.3 is 9.47 Å². The van der Waals surface area contributed by atoms with E-state index in [4.69, 9.17) is 9.47 Å². The summed E-state index contributed by atoms with van der Waals surface area (Å²) in [5.41, 5.74) is -1.17. The number of rotatable bonds is 6. The first kappa shape index (κ1) is 17.7. The summed E-state index contributed by atoms with van der Waals surface area (Å²) in [6.07, 6.45) is 6.28. The third-order valence-electron chi connectivity index (χ3n) is 4.43. The SMILES string of the molecule is C=CC1(OC(=O)C(C)OC(=O)C(C)(C)CC)CCCCC1. The highest BCUT2D eigenvalue weighted by Crippen LogP contribution is 2.33. The van der Waals surface area contributed by atoms with Crippen LogP contribution in [0.4, 0.5) is 0 Å². The van der Waals surface area contributed by atoms with Gasteiger partial charge in [0.05, 0.1) is 5.41 Å². The molecule has 0 bridgehead atoms. The molecule has 0 saturated heterocycles. The van der Waals surface area contributed by atoms with Crippen molar-refractivity contribution in [3.63, 3.8) is 0 Å². The Kier molecular flexibility index (Phi) is 5.99. The molecule has 0 aromatic heterocycles. The molecular formula is C17H28O4. The van der Waals surface area contributed by atoms with Crippen LogP contribution in [-0.2, 0) is 19.1 Å². The molecule has 0 aliphatic heterocycles. The van der Waals surface area contributed by atoms with Crippen molar-refractivity contribution in [3.8, 4) is 0 Å². The van der Waals surface area contributed by atoms with E-state index < -0.39 is 23.1 Å². The Labute approximate surface area is 127 Å². The second-order valence-electron chi connectivity index (χ2n) is 6.54. The molecule has 1 unspecified atom stereocenters. The number of carbonyl (C=O) groups is 2. The van der Waals surface area contributed by atoms with Gasteiger partial charge in [-0.1, -0.05) is 19.9 Å². The zero-order valence-electron chi connectivity index (χ0n) is 13.7. The lowest BCUT2D eigenvalue weighted by Gasteiger charge is -2.34. The molecule has 0 radical (unpaired) electrons. The molecule has 0 N–H and O–H groups in total. The zero-order chi connectivity index (χ0) is 16.1. The molecule has 120 valence electrons. The van der Waals surface area contributed by atoms with E-state index in [1.807, 2.05) is 6.92 Å². The third-order valence-corrected chi connectivity index (χ3v) is 4.43. The topological polar surface area (TPSA) is 52.6 Å². The van der Waals surface area contributed by atoms with Crippen LogP contribution in [0.2, 0.25) is 0 Å². The molecule has 4 heteroatoms. The van der Waals surface area contributed by atoms with Crippen molar-refractivity contribution in [2.24, 2.45) is 5.41 Å². The van der Waals surface area contributed by atoms with Crippen molar-refractivity contribution >= 4 is 11.9 Å². The van der Waals surface area contributed by atoms with Gasteiger partial charge in [0, 0.05) is 0 Å². The minimum atomic E-state index is -0.887. The monoisotopic (exact) mass is 296 g/mol. The predicted molar refractivity (Wildman–Crippen MR) is 81.7 cm³/mol. The maximum Gasteiger partial charge on any atom is 0.348 e. The van der Waals surface area contributed by atoms with Crippen LogP contribution in [0.1, 0.15) is 66.2 Å². The molecule has 1 saturated carbocycles. The fourth-order valence-corrected chi connectivity index (χ4v) is 2.29. The summed E-state index contributed by atoms with van der Waals surface area (Å²) < 4.78 is 10.9. The Morgan fingerprint density at radius 3 is 2.33 bits per heavy atom. The van der Waals surface area contributed by atoms with Gasteiger partial charge in [-0.2, -0.15) is 0 Å². The van der Waals surface area contributed by atoms with E-state index in [1.54, 1.807) is 26.8 Å². The van der Waals surface area contributed by atoms with Gasteiger partial charge >= 0.3 is 11.9 Å². The molecular weight excluding hydrogens is 268 g/mol. The Morgan fingerprint density at radius 1 is 1.29 bits per heavy atom. The molecule has 0 aromatic rings. The molecule has 0 amide bonds. The Bertz CT molecular complexity index is 392. The molecule has 0 heterocycles. The molecule has 1 atom stereocenters. The van der Waals surface area contributed by atoms with Crippen LogP contribution in [0.25, 0.3) is 0 Å². The molecule has 21 heavy (non-hydrogen) atoms. The summed E-state index contributed by atoms with van der Waals surface area (Å²) in [7, 11) is 0. The highest BCUT2D eigenvalue weighted by Gasteiger charge is 2.36. The average molecular weight is 296 g/mol. The van der Waals surface area contributed by atoms with Crippen LogP contribution in [0, 0.1) is 5.41 Å². The number of hydrogen-bond acceptors (Lipinski definition) is 4. The fourth-order valence-electron chi connectivity index (χ4n) is 2.29. The first-order valence-corrected chi connectivity index (χ1v) is 7.84. The third kappa shape index (κ3) is 4.58. The van der Waals surface area contributed by atoms with Crippen LogP contribution in [0.15, 0.2) is 12.7 Å². The minimum Gasteiger partial charge on any atom is -0.452 e. The van der Waals surface area contributed by atoms with Gasteiger partial charge in [-0.25, -0.2) is 4.79 Å². The number of hydrogen-bond donors (Lipinski definition) is 0. The van der Waals surface area contributed by atoms with Crippen molar-refractivity contribution in [1.29, 1.82) is 0 Å². The fraction of sp³-hybridized carbons (Fsp3) is 0.765. The normalized spacial score (nSPS) is 19.4. The van der Waals surface area contributed by atoms with Crippen molar-refractivity contribution in [3.05, 3.63) is 12.7 Å². The van der Waals surface area contributed by atoms with E-state index in [0.717, 1.165) is 32.1 Å². The highest BCUT2D eigenvalue weighted by atomic mass is 16.6. The van der Waals surface area contributed by atoms with E-state index >= 15 is 0 Å². The number of esters is 2. The molecule has 0 spiro atoms. The van der Waals surface area contributed by atoms with E-state index in [0.29, 0.717) is 6.42 Å².